The number of rotatable bonds is 4. The van der Waals surface area contributed by atoms with Crippen LogP contribution in [0.25, 0.3) is 0 Å². The summed E-state index contributed by atoms with van der Waals surface area (Å²) < 4.78 is 25.9. The second-order valence-electron chi connectivity index (χ2n) is 3.88. The van der Waals surface area contributed by atoms with Crippen LogP contribution in [0, 0.1) is 0 Å². The number of nitrogens with zero attached hydrogens (tertiary/aromatic N) is 2. The zero-order chi connectivity index (χ0) is 14.0. The Morgan fingerprint density at radius 2 is 2.26 bits per heavy atom. The predicted octanol–water partition coefficient (Wildman–Crippen LogP) is 2.20. The van der Waals surface area contributed by atoms with E-state index in [9.17, 15) is 8.42 Å². The third-order valence-electron chi connectivity index (χ3n) is 2.51. The van der Waals surface area contributed by atoms with Gasteiger partial charge in [0.25, 0.3) is 0 Å². The third-order valence-corrected chi connectivity index (χ3v) is 5.44. The molecular weight excluding hydrogens is 306 g/mol. The summed E-state index contributed by atoms with van der Waals surface area (Å²) in [4.78, 5) is 4.76. The number of hydrogen-bond donors (Lipinski definition) is 1. The first-order chi connectivity index (χ1) is 8.91. The number of thiophene rings is 1. The molecule has 2 rings (SSSR count). The topological polar surface area (TPSA) is 76.3 Å². The van der Waals surface area contributed by atoms with E-state index in [2.05, 4.69) is 4.98 Å². The molecule has 0 radical (unpaired) electrons. The minimum Gasteiger partial charge on any atom is -0.382 e. The van der Waals surface area contributed by atoms with Gasteiger partial charge < -0.3 is 5.73 Å². The summed E-state index contributed by atoms with van der Waals surface area (Å²) in [7, 11) is -2.10. The van der Waals surface area contributed by atoms with Crippen molar-refractivity contribution in [3.8, 4) is 0 Å². The van der Waals surface area contributed by atoms with E-state index >= 15 is 0 Å². The quantitative estimate of drug-likeness (QED) is 0.938. The molecule has 0 aromatic carbocycles. The second kappa shape index (κ2) is 5.46. The van der Waals surface area contributed by atoms with Crippen LogP contribution in [0.1, 0.15) is 4.88 Å². The van der Waals surface area contributed by atoms with Crippen molar-refractivity contribution >= 4 is 38.8 Å². The Bertz CT molecular complexity index is 671. The summed E-state index contributed by atoms with van der Waals surface area (Å²) >= 11 is 7.30. The van der Waals surface area contributed by atoms with Gasteiger partial charge in [0.2, 0.25) is 10.0 Å². The summed E-state index contributed by atoms with van der Waals surface area (Å²) in [6.45, 7) is 0.308. The molecule has 0 amide bonds. The van der Waals surface area contributed by atoms with E-state index in [-0.39, 0.29) is 15.7 Å². The zero-order valence-electron chi connectivity index (χ0n) is 10.1. The highest BCUT2D eigenvalue weighted by Gasteiger charge is 2.22. The molecular formula is C11H12ClN3O2S2. The molecule has 0 fully saturated rings. The number of pyridine rings is 1. The summed E-state index contributed by atoms with van der Waals surface area (Å²) in [6.07, 6.45) is 1.21. The maximum absolute atomic E-state index is 12.3. The number of hydrogen-bond acceptors (Lipinski definition) is 5. The van der Waals surface area contributed by atoms with Gasteiger partial charge in [0.1, 0.15) is 10.7 Å². The molecule has 0 aliphatic rings. The Hall–Kier alpha value is -1.15. The average Bonchev–Trinajstić information content (AvgIpc) is 2.85. The number of nitrogen functional groups attached to an aromatic ring is 1. The molecule has 2 aromatic heterocycles. The average molecular weight is 318 g/mol. The Balaban J connectivity index is 2.28. The van der Waals surface area contributed by atoms with Gasteiger partial charge in [-0.05, 0) is 17.5 Å². The molecule has 0 unspecified atom stereocenters. The molecule has 0 saturated carbocycles. The predicted molar refractivity (Wildman–Crippen MR) is 76.6 cm³/mol. The molecule has 5 nitrogen and oxygen atoms in total. The van der Waals surface area contributed by atoms with Gasteiger partial charge in [-0.15, -0.1) is 11.3 Å². The lowest BCUT2D eigenvalue weighted by atomic mass is 10.5. The Morgan fingerprint density at radius 3 is 2.84 bits per heavy atom. The van der Waals surface area contributed by atoms with Gasteiger partial charge >= 0.3 is 0 Å². The molecule has 0 spiro atoms. The zero-order valence-corrected chi connectivity index (χ0v) is 12.5. The van der Waals surface area contributed by atoms with Crippen LogP contribution >= 0.6 is 22.9 Å². The first-order valence-electron chi connectivity index (χ1n) is 5.31. The Morgan fingerprint density at radius 1 is 1.53 bits per heavy atom. The van der Waals surface area contributed by atoms with E-state index in [1.165, 1.54) is 35.0 Å². The molecule has 0 aliphatic heterocycles. The number of aromatic nitrogens is 1. The highest BCUT2D eigenvalue weighted by molar-refractivity contribution is 7.89. The fourth-order valence-electron chi connectivity index (χ4n) is 1.46. The number of nitrogens with two attached hydrogens (primary N) is 1. The maximum Gasteiger partial charge on any atom is 0.244 e. The van der Waals surface area contributed by atoms with Crippen molar-refractivity contribution in [3.05, 3.63) is 39.7 Å². The standard InChI is InChI=1S/C11H12ClN3O2S2/c1-15(7-8-3-2-4-18-8)19(16,17)9-5-10(12)11(13)14-6-9/h2-6H,7H2,1H3,(H2,13,14). The van der Waals surface area contributed by atoms with Gasteiger partial charge in [-0.3, -0.25) is 0 Å². The molecule has 0 bridgehead atoms. The molecule has 0 aliphatic carbocycles. The first-order valence-corrected chi connectivity index (χ1v) is 8.01. The fourth-order valence-corrected chi connectivity index (χ4v) is 3.65. The lowest BCUT2D eigenvalue weighted by molar-refractivity contribution is 0.469. The summed E-state index contributed by atoms with van der Waals surface area (Å²) in [5.74, 6) is 0.113. The number of halogens is 1. The van der Waals surface area contributed by atoms with E-state index in [1.807, 2.05) is 17.5 Å². The normalized spacial score (nSPS) is 11.9. The molecule has 102 valence electrons. The maximum atomic E-state index is 12.3. The molecule has 0 atom stereocenters. The summed E-state index contributed by atoms with van der Waals surface area (Å²) in [5.41, 5.74) is 5.47. The Labute approximate surface area is 120 Å². The smallest absolute Gasteiger partial charge is 0.244 e. The van der Waals surface area contributed by atoms with Crippen LogP contribution in [0.3, 0.4) is 0 Å². The minimum atomic E-state index is -3.62. The summed E-state index contributed by atoms with van der Waals surface area (Å²) in [6, 6.07) is 5.07. The van der Waals surface area contributed by atoms with Crippen molar-refractivity contribution in [2.24, 2.45) is 0 Å². The van der Waals surface area contributed by atoms with Crippen molar-refractivity contribution < 1.29 is 8.42 Å². The van der Waals surface area contributed by atoms with Crippen LogP contribution in [0.15, 0.2) is 34.7 Å². The van der Waals surface area contributed by atoms with Gasteiger partial charge in [0.15, 0.2) is 0 Å². The van der Waals surface area contributed by atoms with Crippen LogP contribution in [0.5, 0.6) is 0 Å². The number of anilines is 1. The fraction of sp³-hybridized carbons (Fsp3) is 0.182. The van der Waals surface area contributed by atoms with E-state index in [0.717, 1.165) is 4.88 Å². The van der Waals surface area contributed by atoms with E-state index < -0.39 is 10.0 Å². The minimum absolute atomic E-state index is 0.0331. The van der Waals surface area contributed by atoms with Gasteiger partial charge in [0, 0.05) is 24.7 Å². The Kier molecular flexibility index (Phi) is 4.10. The third kappa shape index (κ3) is 3.06. The summed E-state index contributed by atoms with van der Waals surface area (Å²) in [5, 5.41) is 2.03. The van der Waals surface area contributed by atoms with Gasteiger partial charge in [0.05, 0.1) is 5.02 Å². The van der Waals surface area contributed by atoms with E-state index in [4.69, 9.17) is 17.3 Å². The van der Waals surface area contributed by atoms with Gasteiger partial charge in [-0.25, -0.2) is 13.4 Å². The van der Waals surface area contributed by atoms with Crippen molar-refractivity contribution in [3.63, 3.8) is 0 Å². The highest BCUT2D eigenvalue weighted by atomic mass is 35.5. The highest BCUT2D eigenvalue weighted by Crippen LogP contribution is 2.23. The number of sulfonamides is 1. The van der Waals surface area contributed by atoms with Crippen LogP contribution in [0.2, 0.25) is 5.02 Å². The monoisotopic (exact) mass is 317 g/mol. The van der Waals surface area contributed by atoms with Crippen LogP contribution in [-0.4, -0.2) is 24.8 Å². The van der Waals surface area contributed by atoms with Crippen molar-refractivity contribution in [1.82, 2.24) is 9.29 Å². The lowest BCUT2D eigenvalue weighted by Crippen LogP contribution is -2.26. The van der Waals surface area contributed by atoms with Crippen LogP contribution < -0.4 is 5.73 Å². The van der Waals surface area contributed by atoms with Gasteiger partial charge in [-0.1, -0.05) is 17.7 Å². The molecule has 2 N–H and O–H groups in total. The van der Waals surface area contributed by atoms with Gasteiger partial charge in [-0.2, -0.15) is 4.31 Å². The van der Waals surface area contributed by atoms with E-state index in [1.54, 1.807) is 0 Å². The van der Waals surface area contributed by atoms with Crippen molar-refractivity contribution in [1.29, 1.82) is 0 Å². The van der Waals surface area contributed by atoms with Crippen molar-refractivity contribution in [2.75, 3.05) is 12.8 Å². The van der Waals surface area contributed by atoms with Crippen molar-refractivity contribution in [2.45, 2.75) is 11.4 Å². The second-order valence-corrected chi connectivity index (χ2v) is 7.36. The molecule has 0 saturated heterocycles. The molecule has 8 heteroatoms. The lowest BCUT2D eigenvalue weighted by Gasteiger charge is -2.16. The van der Waals surface area contributed by atoms with Crippen LogP contribution in [-0.2, 0) is 16.6 Å². The molecule has 19 heavy (non-hydrogen) atoms. The van der Waals surface area contributed by atoms with Crippen LogP contribution in [0.4, 0.5) is 5.82 Å². The molecule has 2 aromatic rings. The molecule has 2 heterocycles. The first kappa shape index (κ1) is 14.3. The SMILES string of the molecule is CN(Cc1cccs1)S(=O)(=O)c1cnc(N)c(Cl)c1. The van der Waals surface area contributed by atoms with E-state index in [0.29, 0.717) is 6.54 Å². The largest absolute Gasteiger partial charge is 0.382 e.